The molecule has 29 heavy (non-hydrogen) atoms. The summed E-state index contributed by atoms with van der Waals surface area (Å²) in [6, 6.07) is 4.84. The number of aliphatic imine (C=N–C) groups is 1. The maximum absolute atomic E-state index is 12.6. The van der Waals surface area contributed by atoms with Gasteiger partial charge in [0.05, 0.1) is 0 Å². The Morgan fingerprint density at radius 3 is 2.52 bits per heavy atom. The van der Waals surface area contributed by atoms with Crippen LogP contribution in [0.4, 0.5) is 13.2 Å². The van der Waals surface area contributed by atoms with Crippen molar-refractivity contribution >= 4 is 16.0 Å². The van der Waals surface area contributed by atoms with Crippen LogP contribution in [0.15, 0.2) is 34.2 Å². The SMILES string of the molecule is CN=C(NCCCCn1ccccc1=O)NC1CCN(S(=O)(=O)C(F)(F)F)CC1. The van der Waals surface area contributed by atoms with Gasteiger partial charge in [-0.2, -0.15) is 17.5 Å². The number of sulfonamides is 1. The number of hydrogen-bond donors (Lipinski definition) is 2. The standard InChI is InChI=1S/C17H26F3N5O3S/c1-21-16(22-9-3-5-11-24-10-4-2-6-15(24)26)23-14-7-12-25(13-8-14)29(27,28)17(18,19)20/h2,4,6,10,14H,3,5,7-9,11-13H2,1H3,(H2,21,22,23). The van der Waals surface area contributed by atoms with Gasteiger partial charge >= 0.3 is 15.5 Å². The van der Waals surface area contributed by atoms with E-state index in [0.29, 0.717) is 23.4 Å². The van der Waals surface area contributed by atoms with E-state index in [9.17, 15) is 26.4 Å². The molecular formula is C17H26F3N5O3S. The highest BCUT2D eigenvalue weighted by Gasteiger charge is 2.50. The lowest BCUT2D eigenvalue weighted by molar-refractivity contribution is -0.0494. The second kappa shape index (κ2) is 10.1. The molecule has 0 atom stereocenters. The highest BCUT2D eigenvalue weighted by Crippen LogP contribution is 2.28. The quantitative estimate of drug-likeness (QED) is 0.379. The van der Waals surface area contributed by atoms with Crippen LogP contribution in [0.3, 0.4) is 0 Å². The lowest BCUT2D eigenvalue weighted by Crippen LogP contribution is -2.51. The molecule has 0 aliphatic carbocycles. The Kier molecular flexibility index (Phi) is 8.08. The Morgan fingerprint density at radius 1 is 1.24 bits per heavy atom. The molecule has 0 bridgehead atoms. The first-order chi connectivity index (χ1) is 13.6. The lowest BCUT2D eigenvalue weighted by Gasteiger charge is -2.32. The van der Waals surface area contributed by atoms with Crippen LogP contribution in [0.5, 0.6) is 0 Å². The van der Waals surface area contributed by atoms with Gasteiger partial charge in [0.1, 0.15) is 0 Å². The molecule has 2 heterocycles. The second-order valence-electron chi connectivity index (χ2n) is 6.71. The van der Waals surface area contributed by atoms with Crippen molar-refractivity contribution in [2.24, 2.45) is 4.99 Å². The predicted molar refractivity (Wildman–Crippen MR) is 104 cm³/mol. The van der Waals surface area contributed by atoms with Crippen molar-refractivity contribution in [3.8, 4) is 0 Å². The van der Waals surface area contributed by atoms with Gasteiger partial charge in [0.2, 0.25) is 5.56 Å². The number of alkyl halides is 3. The number of hydrogen-bond acceptors (Lipinski definition) is 4. The van der Waals surface area contributed by atoms with Crippen LogP contribution in [-0.4, -0.2) is 61.5 Å². The summed E-state index contributed by atoms with van der Waals surface area (Å²) in [4.78, 5) is 15.7. The highest BCUT2D eigenvalue weighted by atomic mass is 32.2. The molecule has 0 spiro atoms. The number of halogens is 3. The normalized spacial score (nSPS) is 17.3. The maximum atomic E-state index is 12.6. The molecule has 0 unspecified atom stereocenters. The number of guanidine groups is 1. The summed E-state index contributed by atoms with van der Waals surface area (Å²) in [6.07, 6.45) is 3.84. The molecule has 1 aliphatic rings. The molecular weight excluding hydrogens is 411 g/mol. The number of nitrogens with zero attached hydrogens (tertiary/aromatic N) is 3. The van der Waals surface area contributed by atoms with Crippen LogP contribution in [-0.2, 0) is 16.6 Å². The van der Waals surface area contributed by atoms with Crippen molar-refractivity contribution in [1.82, 2.24) is 19.5 Å². The van der Waals surface area contributed by atoms with E-state index in [1.54, 1.807) is 29.9 Å². The third-order valence-electron chi connectivity index (χ3n) is 4.67. The molecule has 1 fully saturated rings. The smallest absolute Gasteiger partial charge is 0.356 e. The van der Waals surface area contributed by atoms with Gasteiger partial charge in [0, 0.05) is 51.5 Å². The number of aryl methyl sites for hydroxylation is 1. The van der Waals surface area contributed by atoms with Gasteiger partial charge in [0.15, 0.2) is 5.96 Å². The average Bonchev–Trinajstić information content (AvgIpc) is 2.67. The zero-order chi connectivity index (χ0) is 21.5. The molecule has 0 radical (unpaired) electrons. The Morgan fingerprint density at radius 2 is 1.93 bits per heavy atom. The molecule has 0 saturated carbocycles. The van der Waals surface area contributed by atoms with Gasteiger partial charge in [-0.05, 0) is 31.7 Å². The van der Waals surface area contributed by atoms with E-state index in [0.717, 1.165) is 12.8 Å². The molecule has 0 amide bonds. The van der Waals surface area contributed by atoms with Crippen molar-refractivity contribution in [2.45, 2.75) is 43.8 Å². The second-order valence-corrected chi connectivity index (χ2v) is 8.64. The first-order valence-corrected chi connectivity index (χ1v) is 10.8. The molecule has 12 heteroatoms. The first kappa shape index (κ1) is 23.2. The van der Waals surface area contributed by atoms with Crippen LogP contribution in [0.25, 0.3) is 0 Å². The van der Waals surface area contributed by atoms with Gasteiger partial charge in [-0.25, -0.2) is 8.42 Å². The molecule has 2 rings (SSSR count). The minimum absolute atomic E-state index is 0.0446. The number of unbranched alkanes of at least 4 members (excludes halogenated alkanes) is 1. The van der Waals surface area contributed by atoms with Crippen LogP contribution < -0.4 is 16.2 Å². The van der Waals surface area contributed by atoms with Gasteiger partial charge in [-0.3, -0.25) is 9.79 Å². The van der Waals surface area contributed by atoms with E-state index in [2.05, 4.69) is 15.6 Å². The van der Waals surface area contributed by atoms with E-state index in [-0.39, 0.29) is 37.5 Å². The number of aromatic nitrogens is 1. The van der Waals surface area contributed by atoms with Gasteiger partial charge in [-0.1, -0.05) is 6.07 Å². The van der Waals surface area contributed by atoms with Crippen molar-refractivity contribution in [2.75, 3.05) is 26.7 Å². The third kappa shape index (κ3) is 6.46. The fourth-order valence-corrected chi connectivity index (χ4v) is 4.02. The molecule has 164 valence electrons. The van der Waals surface area contributed by atoms with E-state index in [4.69, 9.17) is 0 Å². The minimum atomic E-state index is -5.27. The van der Waals surface area contributed by atoms with Gasteiger partial charge in [-0.15, -0.1) is 0 Å². The van der Waals surface area contributed by atoms with E-state index in [1.165, 1.54) is 6.07 Å². The van der Waals surface area contributed by atoms with E-state index >= 15 is 0 Å². The Bertz CT molecular complexity index is 846. The largest absolute Gasteiger partial charge is 0.511 e. The summed E-state index contributed by atoms with van der Waals surface area (Å²) < 4.78 is 62.9. The van der Waals surface area contributed by atoms with Crippen LogP contribution >= 0.6 is 0 Å². The molecule has 1 aliphatic heterocycles. The summed E-state index contributed by atoms with van der Waals surface area (Å²) in [5.74, 6) is 0.513. The van der Waals surface area contributed by atoms with E-state index in [1.807, 2.05) is 0 Å². The predicted octanol–water partition coefficient (Wildman–Crippen LogP) is 1.11. The Balaban J connectivity index is 1.70. The van der Waals surface area contributed by atoms with Crippen LogP contribution in [0.2, 0.25) is 0 Å². The number of rotatable bonds is 7. The molecule has 1 aromatic heterocycles. The first-order valence-electron chi connectivity index (χ1n) is 9.34. The summed E-state index contributed by atoms with van der Waals surface area (Å²) in [6.45, 7) is 0.840. The molecule has 2 N–H and O–H groups in total. The van der Waals surface area contributed by atoms with Crippen molar-refractivity contribution < 1.29 is 21.6 Å². The van der Waals surface area contributed by atoms with Gasteiger partial charge in [0.25, 0.3) is 0 Å². The van der Waals surface area contributed by atoms with Gasteiger partial charge < -0.3 is 15.2 Å². The van der Waals surface area contributed by atoms with Crippen molar-refractivity contribution in [3.05, 3.63) is 34.7 Å². The van der Waals surface area contributed by atoms with E-state index < -0.39 is 15.5 Å². The minimum Gasteiger partial charge on any atom is -0.356 e. The number of pyridine rings is 1. The van der Waals surface area contributed by atoms with Crippen LogP contribution in [0.1, 0.15) is 25.7 Å². The zero-order valence-electron chi connectivity index (χ0n) is 16.2. The fraction of sp³-hybridized carbons (Fsp3) is 0.647. The molecule has 0 aromatic carbocycles. The zero-order valence-corrected chi connectivity index (χ0v) is 17.0. The topological polar surface area (TPSA) is 95.8 Å². The average molecular weight is 437 g/mol. The third-order valence-corrected chi connectivity index (χ3v) is 6.30. The molecule has 1 aromatic rings. The monoisotopic (exact) mass is 437 g/mol. The molecule has 1 saturated heterocycles. The van der Waals surface area contributed by atoms with Crippen molar-refractivity contribution in [1.29, 1.82) is 0 Å². The lowest BCUT2D eigenvalue weighted by atomic mass is 10.1. The van der Waals surface area contributed by atoms with Crippen molar-refractivity contribution in [3.63, 3.8) is 0 Å². The molecule has 8 nitrogen and oxygen atoms in total. The summed E-state index contributed by atoms with van der Waals surface area (Å²) in [5, 5.41) is 6.24. The summed E-state index contributed by atoms with van der Waals surface area (Å²) in [7, 11) is -3.68. The highest BCUT2D eigenvalue weighted by molar-refractivity contribution is 7.90. The summed E-state index contributed by atoms with van der Waals surface area (Å²) in [5.41, 5.74) is -5.31. The number of piperidine rings is 1. The number of nitrogens with one attached hydrogen (secondary N) is 2. The Labute approximate surface area is 167 Å². The van der Waals surface area contributed by atoms with Crippen LogP contribution in [0, 0.1) is 0 Å². The summed E-state index contributed by atoms with van der Waals surface area (Å²) >= 11 is 0. The fourth-order valence-electron chi connectivity index (χ4n) is 3.03. The Hall–Kier alpha value is -2.08. The maximum Gasteiger partial charge on any atom is 0.511 e.